The smallest absolute Gasteiger partial charge is 0.340 e. The van der Waals surface area contributed by atoms with Crippen LogP contribution in [0.4, 0.5) is 5.69 Å². The van der Waals surface area contributed by atoms with Crippen LogP contribution in [0.2, 0.25) is 0 Å². The van der Waals surface area contributed by atoms with Crippen LogP contribution in [0.5, 0.6) is 5.75 Å². The van der Waals surface area contributed by atoms with Gasteiger partial charge in [-0.25, -0.2) is 4.79 Å². The number of hydrogen-bond donors (Lipinski definition) is 1. The Morgan fingerprint density at radius 3 is 2.38 bits per heavy atom. The van der Waals surface area contributed by atoms with Gasteiger partial charge in [0.25, 0.3) is 5.91 Å². The highest BCUT2D eigenvalue weighted by molar-refractivity contribution is 6.23. The van der Waals surface area contributed by atoms with E-state index in [2.05, 4.69) is 0 Å². The maximum atomic E-state index is 13.1. The Morgan fingerprint density at radius 1 is 1.12 bits per heavy atom. The van der Waals surface area contributed by atoms with Crippen molar-refractivity contribution < 1.29 is 19.4 Å². The average molecular weight is 349 g/mol. The van der Waals surface area contributed by atoms with E-state index in [0.29, 0.717) is 16.9 Å². The molecular formula is C21H19NO4. The minimum atomic E-state index is -0.526. The maximum Gasteiger partial charge on any atom is 0.340 e. The number of phenols is 1. The molecule has 0 spiro atoms. The molecule has 1 aliphatic rings. The van der Waals surface area contributed by atoms with E-state index in [-0.39, 0.29) is 29.4 Å². The van der Waals surface area contributed by atoms with E-state index in [1.54, 1.807) is 32.1 Å². The second-order valence-corrected chi connectivity index (χ2v) is 5.81. The number of phenolic OH excluding ortho intramolecular Hbond substituents is 1. The Bertz CT molecular complexity index is 895. The fourth-order valence-corrected chi connectivity index (χ4v) is 2.91. The molecule has 0 saturated heterocycles. The van der Waals surface area contributed by atoms with Gasteiger partial charge in [0.15, 0.2) is 0 Å². The highest BCUT2D eigenvalue weighted by Crippen LogP contribution is 2.35. The third kappa shape index (κ3) is 3.24. The predicted molar refractivity (Wildman–Crippen MR) is 99.3 cm³/mol. The second-order valence-electron chi connectivity index (χ2n) is 5.81. The first kappa shape index (κ1) is 17.5. The molecule has 0 atom stereocenters. The molecular weight excluding hydrogens is 330 g/mol. The van der Waals surface area contributed by atoms with Gasteiger partial charge in [0, 0.05) is 11.4 Å². The summed E-state index contributed by atoms with van der Waals surface area (Å²) < 4.78 is 5.16. The monoisotopic (exact) mass is 349 g/mol. The summed E-state index contributed by atoms with van der Waals surface area (Å²) in [5.74, 6) is -0.681. The minimum absolute atomic E-state index is 0.133. The van der Waals surface area contributed by atoms with Crippen molar-refractivity contribution in [3.8, 4) is 5.75 Å². The Labute approximate surface area is 151 Å². The summed E-state index contributed by atoms with van der Waals surface area (Å²) in [5, 5.41) is 9.43. The van der Waals surface area contributed by atoms with Crippen molar-refractivity contribution in [2.45, 2.75) is 13.8 Å². The predicted octanol–water partition coefficient (Wildman–Crippen LogP) is 3.66. The lowest BCUT2D eigenvalue weighted by Crippen LogP contribution is -2.24. The molecule has 0 saturated carbocycles. The van der Waals surface area contributed by atoms with Crippen molar-refractivity contribution in [2.75, 3.05) is 11.5 Å². The molecule has 3 rings (SSSR count). The number of carbonyl (C=O) groups is 2. The van der Waals surface area contributed by atoms with Crippen molar-refractivity contribution in [1.82, 2.24) is 0 Å². The zero-order valence-electron chi connectivity index (χ0n) is 14.6. The van der Waals surface area contributed by atoms with Gasteiger partial charge in [0.05, 0.1) is 17.8 Å². The largest absolute Gasteiger partial charge is 0.508 e. The first-order valence-corrected chi connectivity index (χ1v) is 8.31. The molecule has 1 heterocycles. The van der Waals surface area contributed by atoms with Gasteiger partial charge in [-0.05, 0) is 49.8 Å². The number of aromatic hydroxyl groups is 1. The molecule has 0 aromatic heterocycles. The molecule has 0 unspecified atom stereocenters. The van der Waals surface area contributed by atoms with Gasteiger partial charge in [0.1, 0.15) is 5.75 Å². The number of carbonyl (C=O) groups excluding carboxylic acids is 2. The fourth-order valence-electron chi connectivity index (χ4n) is 2.91. The van der Waals surface area contributed by atoms with Gasteiger partial charge in [-0.3, -0.25) is 9.69 Å². The normalized spacial score (nSPS) is 15.7. The summed E-state index contributed by atoms with van der Waals surface area (Å²) in [5.41, 5.74) is 2.45. The summed E-state index contributed by atoms with van der Waals surface area (Å²) in [7, 11) is 0. The SMILES string of the molecule is CCOC(=O)C1=C(C)N(c2ccccc2)C(=O)/C1=C\c1ccc(O)cc1. The van der Waals surface area contributed by atoms with Crippen LogP contribution in [0, 0.1) is 0 Å². The van der Waals surface area contributed by atoms with E-state index in [4.69, 9.17) is 4.74 Å². The lowest BCUT2D eigenvalue weighted by Gasteiger charge is -2.17. The lowest BCUT2D eigenvalue weighted by atomic mass is 10.0. The van der Waals surface area contributed by atoms with E-state index < -0.39 is 5.97 Å². The number of benzene rings is 2. The first-order chi connectivity index (χ1) is 12.5. The molecule has 0 radical (unpaired) electrons. The van der Waals surface area contributed by atoms with E-state index in [1.165, 1.54) is 17.0 Å². The summed E-state index contributed by atoms with van der Waals surface area (Å²) in [6.07, 6.45) is 1.64. The summed E-state index contributed by atoms with van der Waals surface area (Å²) in [4.78, 5) is 27.1. The number of amides is 1. The molecule has 1 amide bonds. The zero-order valence-corrected chi connectivity index (χ0v) is 14.6. The quantitative estimate of drug-likeness (QED) is 0.676. The Morgan fingerprint density at radius 2 is 1.77 bits per heavy atom. The molecule has 1 N–H and O–H groups in total. The molecule has 2 aromatic carbocycles. The third-order valence-electron chi connectivity index (χ3n) is 4.10. The van der Waals surface area contributed by atoms with Crippen LogP contribution in [0.1, 0.15) is 19.4 Å². The van der Waals surface area contributed by atoms with Gasteiger partial charge >= 0.3 is 5.97 Å². The number of nitrogens with zero attached hydrogens (tertiary/aromatic N) is 1. The Balaban J connectivity index is 2.11. The number of hydrogen-bond acceptors (Lipinski definition) is 4. The van der Waals surface area contributed by atoms with E-state index >= 15 is 0 Å². The van der Waals surface area contributed by atoms with Gasteiger partial charge < -0.3 is 9.84 Å². The van der Waals surface area contributed by atoms with Crippen molar-refractivity contribution in [3.05, 3.63) is 77.0 Å². The van der Waals surface area contributed by atoms with Crippen molar-refractivity contribution in [1.29, 1.82) is 0 Å². The van der Waals surface area contributed by atoms with Crippen LogP contribution in [0.3, 0.4) is 0 Å². The number of allylic oxidation sites excluding steroid dienone is 1. The topological polar surface area (TPSA) is 66.8 Å². The number of rotatable bonds is 4. The number of anilines is 1. The van der Waals surface area contributed by atoms with E-state index in [0.717, 1.165) is 0 Å². The van der Waals surface area contributed by atoms with Crippen LogP contribution in [0.15, 0.2) is 71.4 Å². The van der Waals surface area contributed by atoms with E-state index in [9.17, 15) is 14.7 Å². The fraction of sp³-hybridized carbons (Fsp3) is 0.143. The zero-order chi connectivity index (χ0) is 18.7. The summed E-state index contributed by atoms with van der Waals surface area (Å²) in [6.45, 7) is 3.68. The minimum Gasteiger partial charge on any atom is -0.508 e. The highest BCUT2D eigenvalue weighted by atomic mass is 16.5. The van der Waals surface area contributed by atoms with Crippen molar-refractivity contribution in [3.63, 3.8) is 0 Å². The number of para-hydroxylation sites is 1. The molecule has 1 aliphatic heterocycles. The van der Waals surface area contributed by atoms with Crippen molar-refractivity contribution >= 4 is 23.6 Å². The van der Waals surface area contributed by atoms with Crippen LogP contribution in [-0.4, -0.2) is 23.6 Å². The van der Waals surface area contributed by atoms with Crippen LogP contribution >= 0.6 is 0 Å². The Hall–Kier alpha value is -3.34. The van der Waals surface area contributed by atoms with Gasteiger partial charge in [0.2, 0.25) is 0 Å². The van der Waals surface area contributed by atoms with Crippen LogP contribution in [0.25, 0.3) is 6.08 Å². The molecule has 0 bridgehead atoms. The Kier molecular flexibility index (Phi) is 4.89. The number of esters is 1. The molecule has 26 heavy (non-hydrogen) atoms. The van der Waals surface area contributed by atoms with Gasteiger partial charge in [-0.15, -0.1) is 0 Å². The molecule has 5 heteroatoms. The molecule has 0 fully saturated rings. The van der Waals surface area contributed by atoms with Crippen LogP contribution < -0.4 is 4.90 Å². The maximum absolute atomic E-state index is 13.1. The number of ether oxygens (including phenoxy) is 1. The molecule has 5 nitrogen and oxygen atoms in total. The van der Waals surface area contributed by atoms with Gasteiger partial charge in [-0.1, -0.05) is 30.3 Å². The third-order valence-corrected chi connectivity index (χ3v) is 4.10. The summed E-state index contributed by atoms with van der Waals surface area (Å²) in [6, 6.07) is 15.6. The van der Waals surface area contributed by atoms with Crippen molar-refractivity contribution in [2.24, 2.45) is 0 Å². The standard InChI is InChI=1S/C21H19NO4/c1-3-26-21(25)19-14(2)22(16-7-5-4-6-8-16)20(24)18(19)13-15-9-11-17(23)12-10-15/h4-13,23H,3H2,1-2H3/b18-13-. The molecule has 0 aliphatic carbocycles. The highest BCUT2D eigenvalue weighted by Gasteiger charge is 2.37. The summed E-state index contributed by atoms with van der Waals surface area (Å²) >= 11 is 0. The lowest BCUT2D eigenvalue weighted by molar-refractivity contribution is -0.138. The molecule has 132 valence electrons. The first-order valence-electron chi connectivity index (χ1n) is 8.31. The van der Waals surface area contributed by atoms with E-state index in [1.807, 2.05) is 30.3 Å². The van der Waals surface area contributed by atoms with Gasteiger partial charge in [-0.2, -0.15) is 0 Å². The molecule has 2 aromatic rings. The van der Waals surface area contributed by atoms with Crippen LogP contribution in [-0.2, 0) is 14.3 Å². The second kappa shape index (κ2) is 7.27. The average Bonchev–Trinajstić information content (AvgIpc) is 2.88.